The van der Waals surface area contributed by atoms with Gasteiger partial charge in [0.05, 0.1) is 73.6 Å². The molecule has 0 N–H and O–H groups in total. The normalized spacial score (nSPS) is 12.2. The van der Waals surface area contributed by atoms with Crippen LogP contribution in [0.1, 0.15) is 33.4 Å². The Bertz CT molecular complexity index is 4000. The van der Waals surface area contributed by atoms with Gasteiger partial charge in [-0.3, -0.25) is 0 Å². The van der Waals surface area contributed by atoms with Crippen molar-refractivity contribution in [3.63, 3.8) is 0 Å². The first-order chi connectivity index (χ1) is 38.5. The van der Waals surface area contributed by atoms with Crippen molar-refractivity contribution in [1.29, 1.82) is 10.5 Å². The van der Waals surface area contributed by atoms with Crippen LogP contribution in [0.2, 0.25) is 0 Å². The van der Waals surface area contributed by atoms with Gasteiger partial charge in [0, 0.05) is 38.6 Å². The largest absolute Gasteiger partial charge is 0.416 e. The van der Waals surface area contributed by atoms with E-state index in [9.17, 15) is 63.2 Å². The number of rotatable bonds is 8. The Hall–Kier alpha value is -10.0. The molecule has 0 spiro atoms. The Balaban J connectivity index is 1.27. The highest BCUT2D eigenvalue weighted by molar-refractivity contribution is 6.13. The zero-order valence-electron chi connectivity index (χ0n) is 41.3. The van der Waals surface area contributed by atoms with Gasteiger partial charge < -0.3 is 4.57 Å². The monoisotopic (exact) mass is 1100 g/mol. The fourth-order valence-corrected chi connectivity index (χ4v) is 9.85. The van der Waals surface area contributed by atoms with Crippen LogP contribution >= 0.6 is 0 Å². The van der Waals surface area contributed by atoms with Crippen LogP contribution < -0.4 is 0 Å². The standard InChI is InChI=1S/C64H33F12N5/c65-61(66,67)47-23-44(24-48(31-47)62(68,69)70)42-19-21-57-53(27-42)54-28-43(45-25-49(63(71,72)73)32-50(26-45)64(74,75)76)20-22-58(54)81(57)59-51(38-15-11-36(34-77)12-16-38)29-46(30-52(59)39-17-13-37(35-78)14-18-39)60-79-55(40-7-3-1-4-8-40)33-56(80-60)41-9-5-2-6-10-41/h1-33H. The van der Waals surface area contributed by atoms with Gasteiger partial charge in [0.1, 0.15) is 0 Å². The highest BCUT2D eigenvalue weighted by Gasteiger charge is 2.39. The fourth-order valence-electron chi connectivity index (χ4n) is 9.85. The topological polar surface area (TPSA) is 78.3 Å². The van der Waals surface area contributed by atoms with E-state index in [0.717, 1.165) is 11.1 Å². The zero-order chi connectivity index (χ0) is 57.2. The molecular weight excluding hydrogens is 1070 g/mol. The molecule has 0 bridgehead atoms. The van der Waals surface area contributed by atoms with Gasteiger partial charge in [-0.15, -0.1) is 0 Å². The first-order valence-electron chi connectivity index (χ1n) is 24.4. The molecule has 0 fully saturated rings. The summed E-state index contributed by atoms with van der Waals surface area (Å²) >= 11 is 0. The van der Waals surface area contributed by atoms with Gasteiger partial charge in [0.25, 0.3) is 0 Å². The van der Waals surface area contributed by atoms with Crippen molar-refractivity contribution in [2.45, 2.75) is 24.7 Å². The van der Waals surface area contributed by atoms with Gasteiger partial charge in [-0.05, 0) is 137 Å². The van der Waals surface area contributed by atoms with E-state index in [0.29, 0.717) is 80.3 Å². The number of hydrogen-bond acceptors (Lipinski definition) is 4. The second kappa shape index (κ2) is 20.0. The van der Waals surface area contributed by atoms with Crippen LogP contribution in [-0.4, -0.2) is 14.5 Å². The maximum Gasteiger partial charge on any atom is 0.416 e. The smallest absolute Gasteiger partial charge is 0.308 e. The van der Waals surface area contributed by atoms with Crippen molar-refractivity contribution >= 4 is 21.8 Å². The second-order valence-electron chi connectivity index (χ2n) is 18.9. The third-order valence-electron chi connectivity index (χ3n) is 13.7. The molecule has 0 unspecified atom stereocenters. The first-order valence-corrected chi connectivity index (χ1v) is 24.4. The SMILES string of the molecule is N#Cc1ccc(-c2cc(-c3nc(-c4ccccc4)cc(-c4ccccc4)n3)cc(-c3ccc(C#N)cc3)c2-n2c3ccc(-c4cc(C(F)(F)F)cc(C(F)(F)F)c4)cc3c3cc(-c4cc(C(F)(F)F)cc(C(F)(F)F)c4)ccc32)cc1. The van der Waals surface area contributed by atoms with Gasteiger partial charge >= 0.3 is 24.7 Å². The molecule has 0 amide bonds. The lowest BCUT2D eigenvalue weighted by Gasteiger charge is -2.21. The molecule has 81 heavy (non-hydrogen) atoms. The number of halogens is 12. The molecule has 17 heteroatoms. The molecule has 0 aliphatic carbocycles. The van der Waals surface area contributed by atoms with Gasteiger partial charge in [-0.2, -0.15) is 63.2 Å². The number of nitrogens with zero attached hydrogens (tertiary/aromatic N) is 5. The summed E-state index contributed by atoms with van der Waals surface area (Å²) in [5, 5.41) is 20.1. The van der Waals surface area contributed by atoms with Crippen LogP contribution in [0.5, 0.6) is 0 Å². The van der Waals surface area contributed by atoms with Crippen molar-refractivity contribution in [1.82, 2.24) is 14.5 Å². The molecule has 2 aromatic heterocycles. The van der Waals surface area contributed by atoms with Crippen molar-refractivity contribution in [2.24, 2.45) is 0 Å². The molecule has 0 saturated heterocycles. The lowest BCUT2D eigenvalue weighted by Crippen LogP contribution is -2.11. The molecule has 5 nitrogen and oxygen atoms in total. The van der Waals surface area contributed by atoms with E-state index in [1.165, 1.54) is 36.4 Å². The molecule has 9 aromatic carbocycles. The van der Waals surface area contributed by atoms with Crippen LogP contribution in [0.3, 0.4) is 0 Å². The lowest BCUT2D eigenvalue weighted by molar-refractivity contribution is -0.144. The minimum absolute atomic E-state index is 0.0189. The van der Waals surface area contributed by atoms with E-state index in [1.54, 1.807) is 65.2 Å². The van der Waals surface area contributed by atoms with Crippen LogP contribution in [0.15, 0.2) is 200 Å². The molecule has 0 atom stereocenters. The Morgan fingerprint density at radius 3 is 1.00 bits per heavy atom. The summed E-state index contributed by atoms with van der Waals surface area (Å²) in [7, 11) is 0. The quantitative estimate of drug-likeness (QED) is 0.142. The third kappa shape index (κ3) is 10.4. The van der Waals surface area contributed by atoms with E-state index >= 15 is 0 Å². The Morgan fingerprint density at radius 2 is 0.667 bits per heavy atom. The molecule has 398 valence electrons. The molecular formula is C64H33F12N5. The summed E-state index contributed by atoms with van der Waals surface area (Å²) in [6.45, 7) is 0. The summed E-state index contributed by atoms with van der Waals surface area (Å²) in [6.07, 6.45) is -20.9. The van der Waals surface area contributed by atoms with Crippen molar-refractivity contribution < 1.29 is 52.7 Å². The maximum absolute atomic E-state index is 14.3. The van der Waals surface area contributed by atoms with E-state index in [2.05, 4.69) is 12.1 Å². The van der Waals surface area contributed by atoms with Gasteiger partial charge in [0.2, 0.25) is 0 Å². The summed E-state index contributed by atoms with van der Waals surface area (Å²) in [4.78, 5) is 10.2. The van der Waals surface area contributed by atoms with Crippen molar-refractivity contribution in [3.05, 3.63) is 234 Å². The number of hydrogen-bond donors (Lipinski definition) is 0. The molecule has 0 saturated carbocycles. The summed E-state index contributed by atoms with van der Waals surface area (Å²) in [5.74, 6) is 0.252. The highest BCUT2D eigenvalue weighted by atomic mass is 19.4. The number of benzene rings is 9. The third-order valence-corrected chi connectivity index (χ3v) is 13.7. The van der Waals surface area contributed by atoms with E-state index in [1.807, 2.05) is 66.7 Å². The second-order valence-corrected chi connectivity index (χ2v) is 18.9. The van der Waals surface area contributed by atoms with Gasteiger partial charge in [-0.25, -0.2) is 9.97 Å². The Morgan fingerprint density at radius 1 is 0.321 bits per heavy atom. The van der Waals surface area contributed by atoms with Crippen LogP contribution in [0, 0.1) is 22.7 Å². The van der Waals surface area contributed by atoms with Crippen molar-refractivity contribution in [3.8, 4) is 96.2 Å². The van der Waals surface area contributed by atoms with E-state index in [4.69, 9.17) is 9.97 Å². The molecule has 11 rings (SSSR count). The van der Waals surface area contributed by atoms with Crippen molar-refractivity contribution in [2.75, 3.05) is 0 Å². The average Bonchev–Trinajstić information content (AvgIpc) is 4.08. The Labute approximate surface area is 452 Å². The summed E-state index contributed by atoms with van der Waals surface area (Å²) in [5.41, 5.74) is -1.35. The zero-order valence-corrected chi connectivity index (χ0v) is 41.3. The lowest BCUT2D eigenvalue weighted by atomic mass is 9.91. The minimum Gasteiger partial charge on any atom is -0.308 e. The van der Waals surface area contributed by atoms with Crippen LogP contribution in [0.25, 0.3) is 106 Å². The van der Waals surface area contributed by atoms with Crippen LogP contribution in [-0.2, 0) is 24.7 Å². The first kappa shape index (κ1) is 53.0. The minimum atomic E-state index is -5.22. The predicted octanol–water partition coefficient (Wildman–Crippen LogP) is 19.1. The summed E-state index contributed by atoms with van der Waals surface area (Å²) < 4.78 is 174. The summed E-state index contributed by atoms with van der Waals surface area (Å²) in [6, 6.07) is 51.7. The molecule has 0 radical (unpaired) electrons. The number of nitriles is 2. The fraction of sp³-hybridized carbons (Fsp3) is 0.0625. The van der Waals surface area contributed by atoms with E-state index < -0.39 is 58.1 Å². The molecule has 11 aromatic rings. The number of fused-ring (bicyclic) bond motifs is 3. The maximum atomic E-state index is 14.3. The molecule has 2 heterocycles. The highest BCUT2D eigenvalue weighted by Crippen LogP contribution is 2.47. The number of alkyl halides is 12. The Kier molecular flexibility index (Phi) is 13.1. The van der Waals surface area contributed by atoms with Gasteiger partial charge in [0.15, 0.2) is 5.82 Å². The average molecular weight is 1100 g/mol. The molecule has 0 aliphatic heterocycles. The predicted molar refractivity (Wildman–Crippen MR) is 284 cm³/mol. The number of aromatic nitrogens is 3. The molecule has 0 aliphatic rings. The van der Waals surface area contributed by atoms with Crippen LogP contribution in [0.4, 0.5) is 52.7 Å². The van der Waals surface area contributed by atoms with E-state index in [-0.39, 0.29) is 50.9 Å². The van der Waals surface area contributed by atoms with Gasteiger partial charge in [-0.1, -0.05) is 97.1 Å².